The summed E-state index contributed by atoms with van der Waals surface area (Å²) in [5.41, 5.74) is 0.853. The molecule has 0 aromatic carbocycles. The van der Waals surface area contributed by atoms with Crippen molar-refractivity contribution in [3.63, 3.8) is 0 Å². The van der Waals surface area contributed by atoms with E-state index in [-0.39, 0.29) is 5.41 Å². The van der Waals surface area contributed by atoms with Gasteiger partial charge in [0.1, 0.15) is 11.6 Å². The predicted octanol–water partition coefficient (Wildman–Crippen LogP) is 2.78. The topological polar surface area (TPSA) is 45.2 Å². The van der Waals surface area contributed by atoms with Gasteiger partial charge in [0.15, 0.2) is 0 Å². The Kier molecular flexibility index (Phi) is 3.44. The first kappa shape index (κ1) is 15.3. The minimum atomic E-state index is -0.422. The van der Waals surface area contributed by atoms with Gasteiger partial charge < -0.3 is 9.80 Å². The number of piperidine rings is 1. The lowest BCUT2D eigenvalue weighted by atomic mass is 9.87. The van der Waals surface area contributed by atoms with Crippen molar-refractivity contribution in [2.45, 2.75) is 44.7 Å². The number of rotatable bonds is 2. The van der Waals surface area contributed by atoms with Gasteiger partial charge in [-0.2, -0.15) is 4.39 Å². The van der Waals surface area contributed by atoms with Gasteiger partial charge >= 0.3 is 0 Å². The molecule has 0 saturated carbocycles. The van der Waals surface area contributed by atoms with Crippen LogP contribution in [0.1, 0.15) is 33.0 Å². The van der Waals surface area contributed by atoms with Crippen LogP contribution in [0.2, 0.25) is 0 Å². The van der Waals surface area contributed by atoms with Crippen LogP contribution < -0.4 is 9.80 Å². The van der Waals surface area contributed by atoms with Crippen LogP contribution in [0, 0.1) is 5.95 Å². The molecule has 5 nitrogen and oxygen atoms in total. The lowest BCUT2D eigenvalue weighted by Gasteiger charge is -2.57. The van der Waals surface area contributed by atoms with Gasteiger partial charge in [0.2, 0.25) is 5.95 Å². The lowest BCUT2D eigenvalue weighted by molar-refractivity contribution is 0.288. The maximum absolute atomic E-state index is 13.4. The van der Waals surface area contributed by atoms with Gasteiger partial charge in [-0.15, -0.1) is 0 Å². The molecule has 0 spiro atoms. The molecule has 6 heteroatoms. The van der Waals surface area contributed by atoms with E-state index in [4.69, 9.17) is 4.98 Å². The summed E-state index contributed by atoms with van der Waals surface area (Å²) < 4.78 is 13.4. The van der Waals surface area contributed by atoms with Crippen LogP contribution in [-0.2, 0) is 5.41 Å². The van der Waals surface area contributed by atoms with Gasteiger partial charge in [0.25, 0.3) is 0 Å². The molecule has 3 saturated heterocycles. The third kappa shape index (κ3) is 2.60. The normalized spacial score (nSPS) is 23.2. The van der Waals surface area contributed by atoms with E-state index in [0.717, 1.165) is 30.4 Å². The first-order valence-electron chi connectivity index (χ1n) is 8.40. The predicted molar refractivity (Wildman–Crippen MR) is 91.8 cm³/mol. The molecule has 2 aromatic heterocycles. The zero-order valence-electron chi connectivity index (χ0n) is 14.3. The Bertz CT molecular complexity index is 745. The number of halogens is 1. The summed E-state index contributed by atoms with van der Waals surface area (Å²) in [5.74, 6) is 1.46. The second kappa shape index (κ2) is 5.40. The van der Waals surface area contributed by atoms with Crippen molar-refractivity contribution in [3.8, 4) is 0 Å². The minimum absolute atomic E-state index is 0.0589. The van der Waals surface area contributed by atoms with Crippen LogP contribution in [0.4, 0.5) is 15.9 Å². The molecule has 2 aromatic rings. The number of nitrogens with zero attached hydrogens (tertiary/aromatic N) is 5. The molecule has 0 aliphatic carbocycles. The van der Waals surface area contributed by atoms with Gasteiger partial charge in [-0.3, -0.25) is 0 Å². The lowest BCUT2D eigenvalue weighted by Crippen LogP contribution is -2.69. The summed E-state index contributed by atoms with van der Waals surface area (Å²) in [6.07, 6.45) is 4.55. The Balaban J connectivity index is 1.54. The van der Waals surface area contributed by atoms with Crippen molar-refractivity contribution in [1.29, 1.82) is 0 Å². The van der Waals surface area contributed by atoms with E-state index >= 15 is 0 Å². The molecular weight excluding hydrogens is 305 g/mol. The Labute approximate surface area is 141 Å². The van der Waals surface area contributed by atoms with E-state index in [0.29, 0.717) is 12.1 Å². The van der Waals surface area contributed by atoms with Crippen LogP contribution >= 0.6 is 0 Å². The maximum atomic E-state index is 13.4. The highest BCUT2D eigenvalue weighted by atomic mass is 19.1. The molecule has 24 heavy (non-hydrogen) atoms. The Hall–Kier alpha value is -2.24. The minimum Gasteiger partial charge on any atom is -0.367 e. The van der Waals surface area contributed by atoms with E-state index in [1.807, 2.05) is 18.3 Å². The molecule has 0 amide bonds. The number of piperazine rings is 1. The van der Waals surface area contributed by atoms with E-state index in [2.05, 4.69) is 40.5 Å². The number of aromatic nitrogens is 3. The van der Waals surface area contributed by atoms with Gasteiger partial charge in [-0.05, 0) is 18.6 Å². The average molecular weight is 327 g/mol. The van der Waals surface area contributed by atoms with Crippen LogP contribution in [0.5, 0.6) is 0 Å². The van der Waals surface area contributed by atoms with Crippen molar-refractivity contribution in [1.82, 2.24) is 15.0 Å². The van der Waals surface area contributed by atoms with Crippen molar-refractivity contribution in [2.24, 2.45) is 0 Å². The molecule has 5 rings (SSSR count). The molecule has 2 bridgehead atoms. The smallest absolute Gasteiger partial charge is 0.214 e. The summed E-state index contributed by atoms with van der Waals surface area (Å²) in [6.45, 7) is 8.15. The van der Waals surface area contributed by atoms with Crippen molar-refractivity contribution in [2.75, 3.05) is 22.9 Å². The molecule has 0 N–H and O–H groups in total. The van der Waals surface area contributed by atoms with E-state index in [1.165, 1.54) is 18.7 Å². The standard InChI is InChI=1S/C18H22FN5/c1-18(2,3)17-21-7-5-16(22-17)24-13-8-14(24)11-23(10-13)12-4-6-20-15(19)9-12/h4-7,9,13-14H,8,10-11H2,1-3H3. The van der Waals surface area contributed by atoms with Gasteiger partial charge in [-0.25, -0.2) is 15.0 Å². The van der Waals surface area contributed by atoms with E-state index in [1.54, 1.807) is 0 Å². The van der Waals surface area contributed by atoms with E-state index in [9.17, 15) is 4.39 Å². The summed E-state index contributed by atoms with van der Waals surface area (Å²) in [5, 5.41) is 0. The fourth-order valence-corrected chi connectivity index (χ4v) is 3.64. The fourth-order valence-electron chi connectivity index (χ4n) is 3.64. The number of fused-ring (bicyclic) bond motifs is 2. The summed E-state index contributed by atoms with van der Waals surface area (Å²) in [7, 11) is 0. The maximum Gasteiger partial charge on any atom is 0.214 e. The molecule has 2 unspecified atom stereocenters. The largest absolute Gasteiger partial charge is 0.367 e. The molecule has 126 valence electrons. The highest BCUT2D eigenvalue weighted by molar-refractivity contribution is 5.54. The van der Waals surface area contributed by atoms with Crippen LogP contribution in [0.15, 0.2) is 30.6 Å². The molecule has 3 fully saturated rings. The molecule has 2 atom stereocenters. The Morgan fingerprint density at radius 1 is 1.08 bits per heavy atom. The van der Waals surface area contributed by atoms with Crippen LogP contribution in [-0.4, -0.2) is 40.1 Å². The van der Waals surface area contributed by atoms with Crippen LogP contribution in [0.25, 0.3) is 0 Å². The van der Waals surface area contributed by atoms with Gasteiger partial charge in [0, 0.05) is 42.7 Å². The van der Waals surface area contributed by atoms with Gasteiger partial charge in [-0.1, -0.05) is 20.8 Å². The summed E-state index contributed by atoms with van der Waals surface area (Å²) >= 11 is 0. The molecule has 3 aliphatic heterocycles. The summed E-state index contributed by atoms with van der Waals surface area (Å²) in [4.78, 5) is 17.5. The molecular formula is C18H22FN5. The third-order valence-corrected chi connectivity index (χ3v) is 4.84. The molecule has 0 radical (unpaired) electrons. The van der Waals surface area contributed by atoms with E-state index < -0.39 is 5.95 Å². The average Bonchev–Trinajstić information content (AvgIpc) is 2.54. The third-order valence-electron chi connectivity index (χ3n) is 4.84. The SMILES string of the molecule is CC(C)(C)c1nccc(N2C3CC2CN(c2ccnc(F)c2)C3)n1. The van der Waals surface area contributed by atoms with Crippen molar-refractivity contribution in [3.05, 3.63) is 42.4 Å². The van der Waals surface area contributed by atoms with Crippen molar-refractivity contribution >= 4 is 11.5 Å². The Morgan fingerprint density at radius 3 is 2.46 bits per heavy atom. The number of hydrogen-bond donors (Lipinski definition) is 0. The summed E-state index contributed by atoms with van der Waals surface area (Å²) in [6, 6.07) is 6.22. The zero-order valence-corrected chi connectivity index (χ0v) is 14.3. The first-order chi connectivity index (χ1) is 11.4. The molecule has 5 heterocycles. The number of pyridine rings is 1. The quantitative estimate of drug-likeness (QED) is 0.794. The number of hydrogen-bond acceptors (Lipinski definition) is 5. The molecule has 3 aliphatic rings. The highest BCUT2D eigenvalue weighted by Crippen LogP contribution is 2.38. The zero-order chi connectivity index (χ0) is 16.9. The highest BCUT2D eigenvalue weighted by Gasteiger charge is 2.45. The fraction of sp³-hybridized carbons (Fsp3) is 0.500. The number of anilines is 2. The van der Waals surface area contributed by atoms with Crippen LogP contribution in [0.3, 0.4) is 0 Å². The second-order valence-electron chi connectivity index (χ2n) is 7.68. The first-order valence-corrected chi connectivity index (χ1v) is 8.40. The second-order valence-corrected chi connectivity index (χ2v) is 7.68. The van der Waals surface area contributed by atoms with Gasteiger partial charge in [0.05, 0.1) is 12.1 Å². The van der Waals surface area contributed by atoms with Crippen molar-refractivity contribution < 1.29 is 4.39 Å². The Morgan fingerprint density at radius 2 is 1.79 bits per heavy atom. The monoisotopic (exact) mass is 327 g/mol.